The summed E-state index contributed by atoms with van der Waals surface area (Å²) in [5.74, 6) is 0.693. The Balaban J connectivity index is 2.27. The van der Waals surface area contributed by atoms with Crippen LogP contribution in [0.25, 0.3) is 0 Å². The largest absolute Gasteiger partial charge is 0.482 e. The molecule has 1 aromatic carbocycles. The lowest BCUT2D eigenvalue weighted by atomic mass is 10.2. The Morgan fingerprint density at radius 2 is 2.00 bits per heavy atom. The monoisotopic (exact) mass is 260 g/mol. The van der Waals surface area contributed by atoms with Crippen LogP contribution in [0, 0.1) is 6.92 Å². The Morgan fingerprint density at radius 3 is 2.63 bits per heavy atom. The molecule has 1 heterocycles. The van der Waals surface area contributed by atoms with Gasteiger partial charge in [0.25, 0.3) is 0 Å². The SMILES string of the molecule is Cc1cc(=O)c(OCc2ccccc2)c(C(C)O)o1. The predicted octanol–water partition coefficient (Wildman–Crippen LogP) is 2.58. The van der Waals surface area contributed by atoms with Crippen LogP contribution < -0.4 is 10.2 Å². The number of hydrogen-bond donors (Lipinski definition) is 1. The highest BCUT2D eigenvalue weighted by molar-refractivity contribution is 5.28. The Labute approximate surface area is 111 Å². The summed E-state index contributed by atoms with van der Waals surface area (Å²) in [7, 11) is 0. The van der Waals surface area contributed by atoms with E-state index in [-0.39, 0.29) is 23.5 Å². The summed E-state index contributed by atoms with van der Waals surface area (Å²) in [5, 5.41) is 9.64. The van der Waals surface area contributed by atoms with Gasteiger partial charge in [-0.3, -0.25) is 4.79 Å². The third kappa shape index (κ3) is 3.23. The molecule has 0 radical (unpaired) electrons. The Morgan fingerprint density at radius 1 is 1.32 bits per heavy atom. The second-order valence-corrected chi connectivity index (χ2v) is 4.36. The normalized spacial score (nSPS) is 12.2. The average molecular weight is 260 g/mol. The number of aliphatic hydroxyl groups excluding tert-OH is 1. The zero-order valence-corrected chi connectivity index (χ0v) is 10.9. The molecule has 0 saturated heterocycles. The molecule has 100 valence electrons. The molecule has 1 unspecified atom stereocenters. The Bertz CT molecular complexity index is 599. The van der Waals surface area contributed by atoms with Crippen molar-refractivity contribution in [3.05, 3.63) is 63.7 Å². The van der Waals surface area contributed by atoms with E-state index in [2.05, 4.69) is 0 Å². The minimum atomic E-state index is -0.890. The van der Waals surface area contributed by atoms with Gasteiger partial charge in [0.2, 0.25) is 11.2 Å². The molecule has 4 nitrogen and oxygen atoms in total. The Kier molecular flexibility index (Phi) is 4.02. The maximum Gasteiger partial charge on any atom is 0.227 e. The van der Waals surface area contributed by atoms with Gasteiger partial charge < -0.3 is 14.3 Å². The van der Waals surface area contributed by atoms with Crippen LogP contribution in [-0.2, 0) is 6.61 Å². The first-order chi connectivity index (χ1) is 9.08. The molecule has 0 fully saturated rings. The number of aliphatic hydroxyl groups is 1. The molecular formula is C15H16O4. The van der Waals surface area contributed by atoms with Crippen molar-refractivity contribution in [2.24, 2.45) is 0 Å². The molecule has 0 bridgehead atoms. The van der Waals surface area contributed by atoms with Crippen molar-refractivity contribution in [2.45, 2.75) is 26.6 Å². The summed E-state index contributed by atoms with van der Waals surface area (Å²) >= 11 is 0. The summed E-state index contributed by atoms with van der Waals surface area (Å²) in [4.78, 5) is 11.9. The Hall–Kier alpha value is -2.07. The summed E-state index contributed by atoms with van der Waals surface area (Å²) < 4.78 is 10.9. The summed E-state index contributed by atoms with van der Waals surface area (Å²) in [6.45, 7) is 3.45. The van der Waals surface area contributed by atoms with Crippen LogP contribution in [0.2, 0.25) is 0 Å². The van der Waals surface area contributed by atoms with Crippen molar-refractivity contribution in [3.8, 4) is 5.75 Å². The van der Waals surface area contributed by atoms with Gasteiger partial charge in [0.05, 0.1) is 0 Å². The highest BCUT2D eigenvalue weighted by atomic mass is 16.5. The van der Waals surface area contributed by atoms with E-state index in [0.29, 0.717) is 5.76 Å². The highest BCUT2D eigenvalue weighted by Crippen LogP contribution is 2.23. The van der Waals surface area contributed by atoms with E-state index in [9.17, 15) is 9.90 Å². The van der Waals surface area contributed by atoms with Crippen LogP contribution in [0.4, 0.5) is 0 Å². The summed E-state index contributed by atoms with van der Waals surface area (Å²) in [5.41, 5.74) is 0.662. The molecule has 0 spiro atoms. The van der Waals surface area contributed by atoms with Gasteiger partial charge in [-0.05, 0) is 19.4 Å². The fourth-order valence-electron chi connectivity index (χ4n) is 1.77. The molecule has 2 rings (SSSR count). The first kappa shape index (κ1) is 13.4. The third-order valence-corrected chi connectivity index (χ3v) is 2.66. The van der Waals surface area contributed by atoms with Gasteiger partial charge in [0.15, 0.2) is 5.76 Å². The number of ether oxygens (including phenoxy) is 1. The molecule has 19 heavy (non-hydrogen) atoms. The minimum Gasteiger partial charge on any atom is -0.482 e. The van der Waals surface area contributed by atoms with Gasteiger partial charge >= 0.3 is 0 Å². The first-order valence-corrected chi connectivity index (χ1v) is 6.07. The quantitative estimate of drug-likeness (QED) is 0.917. The molecule has 0 amide bonds. The van der Waals surface area contributed by atoms with E-state index in [1.165, 1.54) is 13.0 Å². The molecule has 1 aromatic heterocycles. The third-order valence-electron chi connectivity index (χ3n) is 2.66. The van der Waals surface area contributed by atoms with E-state index in [1.807, 2.05) is 30.3 Å². The molecule has 0 aliphatic rings. The predicted molar refractivity (Wildman–Crippen MR) is 71.1 cm³/mol. The lowest BCUT2D eigenvalue weighted by Crippen LogP contribution is -2.12. The molecule has 4 heteroatoms. The molecule has 1 N–H and O–H groups in total. The topological polar surface area (TPSA) is 59.7 Å². The van der Waals surface area contributed by atoms with Crippen LogP contribution in [0.5, 0.6) is 5.75 Å². The van der Waals surface area contributed by atoms with Crippen molar-refractivity contribution in [1.82, 2.24) is 0 Å². The second kappa shape index (κ2) is 5.71. The average Bonchev–Trinajstić information content (AvgIpc) is 2.38. The van der Waals surface area contributed by atoms with Crippen LogP contribution in [0.1, 0.15) is 30.1 Å². The number of benzene rings is 1. The lowest BCUT2D eigenvalue weighted by molar-refractivity contribution is 0.152. The number of hydrogen-bond acceptors (Lipinski definition) is 4. The van der Waals surface area contributed by atoms with Crippen LogP contribution in [0.15, 0.2) is 45.6 Å². The molecule has 0 saturated carbocycles. The highest BCUT2D eigenvalue weighted by Gasteiger charge is 2.17. The zero-order valence-electron chi connectivity index (χ0n) is 10.9. The van der Waals surface area contributed by atoms with E-state index in [1.54, 1.807) is 6.92 Å². The van der Waals surface area contributed by atoms with Crippen molar-refractivity contribution < 1.29 is 14.3 Å². The van der Waals surface area contributed by atoms with Crippen LogP contribution in [0.3, 0.4) is 0 Å². The van der Waals surface area contributed by atoms with Gasteiger partial charge in [-0.15, -0.1) is 0 Å². The van der Waals surface area contributed by atoms with Crippen molar-refractivity contribution in [2.75, 3.05) is 0 Å². The van der Waals surface area contributed by atoms with Crippen molar-refractivity contribution in [1.29, 1.82) is 0 Å². The molecule has 0 aliphatic carbocycles. The van der Waals surface area contributed by atoms with Gasteiger partial charge in [0.1, 0.15) is 18.5 Å². The maximum absolute atomic E-state index is 11.9. The van der Waals surface area contributed by atoms with Crippen molar-refractivity contribution >= 4 is 0 Å². The molecule has 2 aromatic rings. The first-order valence-electron chi connectivity index (χ1n) is 6.07. The minimum absolute atomic E-state index is 0.0736. The van der Waals surface area contributed by atoms with Crippen LogP contribution in [-0.4, -0.2) is 5.11 Å². The summed E-state index contributed by atoms with van der Waals surface area (Å²) in [6, 6.07) is 10.9. The summed E-state index contributed by atoms with van der Waals surface area (Å²) in [6.07, 6.45) is -0.890. The number of rotatable bonds is 4. The van der Waals surface area contributed by atoms with Crippen molar-refractivity contribution in [3.63, 3.8) is 0 Å². The van der Waals surface area contributed by atoms with E-state index >= 15 is 0 Å². The lowest BCUT2D eigenvalue weighted by Gasteiger charge is -2.12. The van der Waals surface area contributed by atoms with Gasteiger partial charge in [-0.2, -0.15) is 0 Å². The standard InChI is InChI=1S/C15H16O4/c1-10-8-13(17)15(14(19-10)11(2)16)18-9-12-6-4-3-5-7-12/h3-8,11,16H,9H2,1-2H3. The smallest absolute Gasteiger partial charge is 0.227 e. The van der Waals surface area contributed by atoms with Gasteiger partial charge in [0, 0.05) is 6.07 Å². The number of aryl methyl sites for hydroxylation is 1. The maximum atomic E-state index is 11.9. The second-order valence-electron chi connectivity index (χ2n) is 4.36. The van der Waals surface area contributed by atoms with Gasteiger partial charge in [-0.25, -0.2) is 0 Å². The van der Waals surface area contributed by atoms with E-state index in [0.717, 1.165) is 5.56 Å². The van der Waals surface area contributed by atoms with Gasteiger partial charge in [-0.1, -0.05) is 30.3 Å². The zero-order chi connectivity index (χ0) is 13.8. The fourth-order valence-corrected chi connectivity index (χ4v) is 1.77. The van der Waals surface area contributed by atoms with E-state index < -0.39 is 6.10 Å². The molecule has 0 aliphatic heterocycles. The molecular weight excluding hydrogens is 244 g/mol. The fraction of sp³-hybridized carbons (Fsp3) is 0.267. The van der Waals surface area contributed by atoms with E-state index in [4.69, 9.17) is 9.15 Å². The van der Waals surface area contributed by atoms with Crippen LogP contribution >= 0.6 is 0 Å². The molecule has 1 atom stereocenters.